The van der Waals surface area contributed by atoms with Gasteiger partial charge in [0.05, 0.1) is 55.6 Å². The molecule has 13 nitrogen and oxygen atoms in total. The standard InChI is InChI=1S/C42H54N10O3S2Si/c1-28-22-53-15-13-50(28)37-19-30(24-56-3)33-7-10-43-41(39(33)46-37)35-21-32(48-49-35)26-57-25-31-20-38(51-14-16-54-23-29(51)2)47-40-34(31)8-11-44-42(40)36-9-12-45-52(36)27-55-17-18-58(4,5)6/h7-12,19-21,28-29H,13-18,22-27H2,1-6H3,(H,48,49)/t28-,29-/m1/s1. The molecule has 6 aromatic heterocycles. The van der Waals surface area contributed by atoms with E-state index in [1.54, 1.807) is 0 Å². The van der Waals surface area contributed by atoms with Gasteiger partial charge < -0.3 is 24.0 Å². The first-order valence-corrected chi connectivity index (χ1v) is 26.4. The number of aromatic nitrogens is 8. The molecule has 58 heavy (non-hydrogen) atoms. The van der Waals surface area contributed by atoms with Gasteiger partial charge in [0, 0.05) is 74.4 Å². The fraction of sp³-hybridized carbons (Fsp3) is 0.476. The fourth-order valence-corrected chi connectivity index (χ4v) is 9.84. The van der Waals surface area contributed by atoms with Crippen LogP contribution in [0, 0.1) is 0 Å². The average Bonchev–Trinajstić information content (AvgIpc) is 3.89. The van der Waals surface area contributed by atoms with Gasteiger partial charge in [0.25, 0.3) is 0 Å². The predicted octanol–water partition coefficient (Wildman–Crippen LogP) is 7.89. The molecule has 2 saturated heterocycles. The molecule has 1 N–H and O–H groups in total. The van der Waals surface area contributed by atoms with Crippen LogP contribution in [-0.2, 0) is 38.2 Å². The third-order valence-corrected chi connectivity index (χ3v) is 14.1. The quantitative estimate of drug-likeness (QED) is 0.0795. The normalized spacial score (nSPS) is 17.8. The Morgan fingerprint density at radius 1 is 0.810 bits per heavy atom. The van der Waals surface area contributed by atoms with Gasteiger partial charge in [0.15, 0.2) is 0 Å². The van der Waals surface area contributed by atoms with Crippen LogP contribution in [0.25, 0.3) is 44.6 Å². The van der Waals surface area contributed by atoms with Crippen LogP contribution < -0.4 is 9.80 Å². The van der Waals surface area contributed by atoms with Crippen molar-refractivity contribution < 1.29 is 14.2 Å². The largest absolute Gasteiger partial charge is 0.377 e. The maximum atomic E-state index is 6.12. The molecular formula is C42H54N10O3S2Si. The molecule has 0 aliphatic carbocycles. The van der Waals surface area contributed by atoms with Gasteiger partial charge in [-0.2, -0.15) is 33.7 Å². The van der Waals surface area contributed by atoms with Crippen molar-refractivity contribution in [2.75, 3.05) is 62.2 Å². The number of nitrogens with zero attached hydrogens (tertiary/aromatic N) is 9. The molecule has 0 unspecified atom stereocenters. The van der Waals surface area contributed by atoms with E-state index >= 15 is 0 Å². The molecule has 0 spiro atoms. The number of pyridine rings is 4. The van der Waals surface area contributed by atoms with E-state index in [-0.39, 0.29) is 12.1 Å². The van der Waals surface area contributed by atoms with Gasteiger partial charge in [-0.05, 0) is 73.7 Å². The summed E-state index contributed by atoms with van der Waals surface area (Å²) >= 11 is 3.64. The second-order valence-electron chi connectivity index (χ2n) is 16.4. The van der Waals surface area contributed by atoms with Gasteiger partial charge in [0.1, 0.15) is 40.8 Å². The van der Waals surface area contributed by atoms with E-state index < -0.39 is 8.07 Å². The second-order valence-corrected chi connectivity index (χ2v) is 23.9. The van der Waals surface area contributed by atoms with E-state index in [0.717, 1.165) is 105 Å². The topological polar surface area (TPSA) is 132 Å². The number of morpholine rings is 2. The van der Waals surface area contributed by atoms with Gasteiger partial charge in [-0.3, -0.25) is 15.1 Å². The predicted molar refractivity (Wildman–Crippen MR) is 239 cm³/mol. The van der Waals surface area contributed by atoms with Crippen molar-refractivity contribution in [3.8, 4) is 22.8 Å². The van der Waals surface area contributed by atoms with Crippen molar-refractivity contribution in [3.63, 3.8) is 0 Å². The van der Waals surface area contributed by atoms with Gasteiger partial charge >= 0.3 is 0 Å². The Bertz CT molecular complexity index is 2350. The molecule has 306 valence electrons. The lowest BCUT2D eigenvalue weighted by Crippen LogP contribution is -2.44. The number of fused-ring (bicyclic) bond motifs is 2. The van der Waals surface area contributed by atoms with Crippen LogP contribution in [0.5, 0.6) is 0 Å². The monoisotopic (exact) mass is 838 g/mol. The van der Waals surface area contributed by atoms with Crippen LogP contribution in [-0.4, -0.2) is 112 Å². The molecule has 0 bridgehead atoms. The van der Waals surface area contributed by atoms with Crippen molar-refractivity contribution in [1.29, 1.82) is 0 Å². The number of ether oxygens (including phenoxy) is 3. The zero-order chi connectivity index (χ0) is 40.2. The number of aromatic amines is 1. The Kier molecular flexibility index (Phi) is 12.7. The number of H-pyrrole nitrogens is 1. The van der Waals surface area contributed by atoms with E-state index in [1.165, 1.54) is 11.1 Å². The molecule has 2 atom stereocenters. The first kappa shape index (κ1) is 40.7. The zero-order valence-electron chi connectivity index (χ0n) is 34.4. The molecule has 2 fully saturated rings. The maximum Gasteiger partial charge on any atom is 0.140 e. The lowest BCUT2D eigenvalue weighted by atomic mass is 10.1. The lowest BCUT2D eigenvalue weighted by molar-refractivity contribution is 0.0797. The van der Waals surface area contributed by atoms with Gasteiger partial charge in [0.2, 0.25) is 0 Å². The minimum atomic E-state index is -1.21. The van der Waals surface area contributed by atoms with Crippen LogP contribution in [0.2, 0.25) is 25.7 Å². The number of nitrogens with one attached hydrogen (secondary N) is 1. The van der Waals surface area contributed by atoms with Crippen molar-refractivity contribution in [2.24, 2.45) is 0 Å². The summed E-state index contributed by atoms with van der Waals surface area (Å²) in [5.41, 5.74) is 8.55. The average molecular weight is 839 g/mol. The van der Waals surface area contributed by atoms with Gasteiger partial charge in [-0.25, -0.2) is 14.6 Å². The Labute approximate surface area is 350 Å². The minimum absolute atomic E-state index is 0.203. The van der Waals surface area contributed by atoms with Gasteiger partial charge in [-0.15, -0.1) is 0 Å². The first-order valence-electron chi connectivity index (χ1n) is 20.1. The summed E-state index contributed by atoms with van der Waals surface area (Å²) in [6, 6.07) is 14.3. The summed E-state index contributed by atoms with van der Waals surface area (Å²) in [6.45, 7) is 16.9. The number of rotatable bonds is 15. The SMILES string of the molecule is CSCc1cc(N2CCOC[C@H]2C)nc2c(-c3cc(CSCc4cc(N5CCOC[C@H]5C)nc5c(-c6ccnn6COCC[Si](C)(C)C)nccc45)n[nH]3)nccc12. The van der Waals surface area contributed by atoms with E-state index in [2.05, 4.69) is 90.1 Å². The molecule has 2 aliphatic heterocycles. The number of thioether (sulfide) groups is 2. The van der Waals surface area contributed by atoms with Crippen LogP contribution in [0.4, 0.5) is 11.6 Å². The third-order valence-electron chi connectivity index (χ3n) is 10.8. The van der Waals surface area contributed by atoms with Crippen LogP contribution in [0.15, 0.2) is 55.0 Å². The highest BCUT2D eigenvalue weighted by atomic mass is 32.2. The summed E-state index contributed by atoms with van der Waals surface area (Å²) in [7, 11) is -1.21. The second kappa shape index (κ2) is 18.1. The number of hydrogen-bond donors (Lipinski definition) is 1. The Balaban J connectivity index is 1.06. The van der Waals surface area contributed by atoms with E-state index in [4.69, 9.17) is 39.2 Å². The highest BCUT2D eigenvalue weighted by Gasteiger charge is 2.25. The van der Waals surface area contributed by atoms with Crippen LogP contribution in [0.1, 0.15) is 30.7 Å². The van der Waals surface area contributed by atoms with E-state index in [1.807, 2.05) is 52.9 Å². The molecule has 0 aromatic carbocycles. The summed E-state index contributed by atoms with van der Waals surface area (Å²) in [5.74, 6) is 4.29. The summed E-state index contributed by atoms with van der Waals surface area (Å²) < 4.78 is 19.6. The van der Waals surface area contributed by atoms with Crippen molar-refractivity contribution in [3.05, 3.63) is 71.8 Å². The first-order chi connectivity index (χ1) is 28.2. The Morgan fingerprint density at radius 3 is 2.09 bits per heavy atom. The fourth-order valence-electron chi connectivity index (χ4n) is 7.61. The number of anilines is 2. The molecular weight excluding hydrogens is 785 g/mol. The highest BCUT2D eigenvalue weighted by molar-refractivity contribution is 7.98. The number of hydrogen-bond acceptors (Lipinski definition) is 13. The van der Waals surface area contributed by atoms with Crippen molar-refractivity contribution >= 4 is 65.0 Å². The lowest BCUT2D eigenvalue weighted by Gasteiger charge is -2.34. The summed E-state index contributed by atoms with van der Waals surface area (Å²) in [4.78, 5) is 25.0. The minimum Gasteiger partial charge on any atom is -0.377 e. The van der Waals surface area contributed by atoms with Gasteiger partial charge in [-0.1, -0.05) is 19.6 Å². The van der Waals surface area contributed by atoms with E-state index in [0.29, 0.717) is 33.2 Å². The summed E-state index contributed by atoms with van der Waals surface area (Å²) in [5, 5.41) is 14.9. The Morgan fingerprint density at radius 2 is 1.45 bits per heavy atom. The Hall–Kier alpha value is -4.06. The highest BCUT2D eigenvalue weighted by Crippen LogP contribution is 2.35. The van der Waals surface area contributed by atoms with E-state index in [9.17, 15) is 0 Å². The smallest absolute Gasteiger partial charge is 0.140 e. The van der Waals surface area contributed by atoms with Crippen molar-refractivity contribution in [2.45, 2.75) is 75.6 Å². The summed E-state index contributed by atoms with van der Waals surface area (Å²) in [6.07, 6.45) is 7.72. The molecule has 6 aromatic rings. The third kappa shape index (κ3) is 9.06. The molecule has 0 amide bonds. The van der Waals surface area contributed by atoms with Crippen LogP contribution in [0.3, 0.4) is 0 Å². The van der Waals surface area contributed by atoms with Crippen LogP contribution >= 0.6 is 23.5 Å². The molecule has 2 aliphatic rings. The molecule has 8 heterocycles. The van der Waals surface area contributed by atoms with Crippen molar-refractivity contribution in [1.82, 2.24) is 39.9 Å². The molecule has 8 rings (SSSR count). The molecule has 16 heteroatoms. The maximum absolute atomic E-state index is 6.12. The zero-order valence-corrected chi connectivity index (χ0v) is 37.0. The molecule has 0 radical (unpaired) electrons. The molecule has 0 saturated carbocycles.